The molecule has 1 aliphatic heterocycles. The number of nitrogens with zero attached hydrogens (tertiary/aromatic N) is 4. The number of nitrogens with one attached hydrogen (secondary N) is 1. The zero-order valence-corrected chi connectivity index (χ0v) is 16.5. The molecule has 0 unspecified atom stereocenters. The number of fused-ring (bicyclic) bond motifs is 1. The van der Waals surface area contributed by atoms with Crippen LogP contribution < -0.4 is 5.32 Å². The summed E-state index contributed by atoms with van der Waals surface area (Å²) in [4.78, 5) is 12.5. The largest absolute Gasteiger partial charge is 0.379 e. The second-order valence-electron chi connectivity index (χ2n) is 6.66. The van der Waals surface area contributed by atoms with E-state index in [1.165, 1.54) is 4.31 Å². The quantitative estimate of drug-likeness (QED) is 0.651. The molecule has 1 aliphatic rings. The van der Waals surface area contributed by atoms with Gasteiger partial charge in [-0.1, -0.05) is 18.2 Å². The molecule has 0 spiro atoms. The number of aromatic nitrogens is 3. The van der Waals surface area contributed by atoms with Gasteiger partial charge in [-0.3, -0.25) is 14.5 Å². The first-order chi connectivity index (χ1) is 14.0. The third-order valence-electron chi connectivity index (χ3n) is 4.74. The van der Waals surface area contributed by atoms with Crippen molar-refractivity contribution in [1.82, 2.24) is 18.9 Å². The van der Waals surface area contributed by atoms with Gasteiger partial charge in [0.2, 0.25) is 21.9 Å². The third-order valence-corrected chi connectivity index (χ3v) is 6.65. The summed E-state index contributed by atoms with van der Waals surface area (Å²) in [6, 6.07) is 12.1. The number of pyridine rings is 1. The molecular formula is C19H21N5O4S. The molecule has 0 atom stereocenters. The highest BCUT2D eigenvalue weighted by Gasteiger charge is 2.26. The maximum atomic E-state index is 12.6. The molecule has 1 N–H and O–H groups in total. The molecule has 3 heterocycles. The van der Waals surface area contributed by atoms with E-state index in [1.807, 2.05) is 12.1 Å². The molecule has 0 radical (unpaired) electrons. The lowest BCUT2D eigenvalue weighted by Gasteiger charge is -2.26. The second-order valence-corrected chi connectivity index (χ2v) is 8.60. The van der Waals surface area contributed by atoms with Crippen LogP contribution >= 0.6 is 0 Å². The molecule has 29 heavy (non-hydrogen) atoms. The van der Waals surface area contributed by atoms with Gasteiger partial charge in [-0.25, -0.2) is 8.42 Å². The Balaban J connectivity index is 1.36. The number of carbonyl (C=O) groups is 1. The molecular weight excluding hydrogens is 394 g/mol. The molecule has 2 aromatic heterocycles. The number of ether oxygens (including phenoxy) is 1. The Hall–Kier alpha value is -2.82. The number of hydrogen-bond donors (Lipinski definition) is 1. The van der Waals surface area contributed by atoms with Gasteiger partial charge in [-0.2, -0.15) is 4.31 Å². The van der Waals surface area contributed by atoms with Gasteiger partial charge in [0.15, 0.2) is 5.65 Å². The fraction of sp³-hybridized carbons (Fsp3) is 0.316. The lowest BCUT2D eigenvalue weighted by atomic mass is 10.1. The van der Waals surface area contributed by atoms with E-state index in [0.29, 0.717) is 44.3 Å². The summed E-state index contributed by atoms with van der Waals surface area (Å²) in [5.41, 5.74) is 1.53. The monoisotopic (exact) mass is 415 g/mol. The van der Waals surface area contributed by atoms with Crippen LogP contribution in [0.5, 0.6) is 0 Å². The van der Waals surface area contributed by atoms with Crippen LogP contribution in [0, 0.1) is 0 Å². The Bertz CT molecular complexity index is 1110. The fourth-order valence-electron chi connectivity index (χ4n) is 3.14. The second kappa shape index (κ2) is 8.27. The molecule has 1 aromatic carbocycles. The molecule has 0 aliphatic carbocycles. The molecule has 10 heteroatoms. The number of amides is 1. The summed E-state index contributed by atoms with van der Waals surface area (Å²) < 4.78 is 33.6. The highest BCUT2D eigenvalue weighted by atomic mass is 32.2. The predicted octanol–water partition coefficient (Wildman–Crippen LogP) is 1.32. The fourth-order valence-corrected chi connectivity index (χ4v) is 4.54. The van der Waals surface area contributed by atoms with E-state index in [2.05, 4.69) is 15.5 Å². The van der Waals surface area contributed by atoms with Crippen LogP contribution in [0.2, 0.25) is 0 Å². The number of carbonyl (C=O) groups excluding carboxylic acids is 1. The van der Waals surface area contributed by atoms with Crippen LogP contribution in [0.25, 0.3) is 5.65 Å². The van der Waals surface area contributed by atoms with Crippen molar-refractivity contribution in [3.63, 3.8) is 0 Å². The summed E-state index contributed by atoms with van der Waals surface area (Å²) in [6.07, 6.45) is 2.51. The minimum Gasteiger partial charge on any atom is -0.379 e. The molecule has 1 fully saturated rings. The average molecular weight is 415 g/mol. The summed E-state index contributed by atoms with van der Waals surface area (Å²) in [5.74, 6) is 0.186. The summed E-state index contributed by atoms with van der Waals surface area (Å²) in [7, 11) is -3.51. The van der Waals surface area contributed by atoms with Crippen molar-refractivity contribution in [1.29, 1.82) is 0 Å². The van der Waals surface area contributed by atoms with E-state index >= 15 is 0 Å². The highest BCUT2D eigenvalue weighted by molar-refractivity contribution is 7.89. The lowest BCUT2D eigenvalue weighted by Crippen LogP contribution is -2.40. The van der Waals surface area contributed by atoms with Crippen molar-refractivity contribution in [3.8, 4) is 0 Å². The van der Waals surface area contributed by atoms with Crippen LogP contribution in [0.1, 0.15) is 12.0 Å². The molecule has 3 aromatic rings. The van der Waals surface area contributed by atoms with E-state index in [1.54, 1.807) is 40.9 Å². The van der Waals surface area contributed by atoms with E-state index in [-0.39, 0.29) is 17.2 Å². The van der Waals surface area contributed by atoms with Crippen molar-refractivity contribution in [2.75, 3.05) is 31.6 Å². The normalized spacial score (nSPS) is 15.4. The maximum Gasteiger partial charge on any atom is 0.243 e. The van der Waals surface area contributed by atoms with Crippen molar-refractivity contribution in [3.05, 3.63) is 54.2 Å². The van der Waals surface area contributed by atoms with Gasteiger partial charge in [-0.15, -0.1) is 10.2 Å². The summed E-state index contributed by atoms with van der Waals surface area (Å²) in [5, 5.41) is 10.7. The number of hydrogen-bond acceptors (Lipinski definition) is 6. The smallest absolute Gasteiger partial charge is 0.243 e. The number of anilines is 1. The Morgan fingerprint density at radius 3 is 2.59 bits per heavy atom. The van der Waals surface area contributed by atoms with Gasteiger partial charge >= 0.3 is 0 Å². The highest BCUT2D eigenvalue weighted by Crippen LogP contribution is 2.18. The van der Waals surface area contributed by atoms with Gasteiger partial charge in [0.25, 0.3) is 0 Å². The molecule has 1 saturated heterocycles. The van der Waals surface area contributed by atoms with E-state index < -0.39 is 10.0 Å². The molecule has 4 rings (SSSR count). The molecule has 1 amide bonds. The topological polar surface area (TPSA) is 106 Å². The minimum atomic E-state index is -3.51. The van der Waals surface area contributed by atoms with Crippen molar-refractivity contribution >= 4 is 27.5 Å². The molecule has 152 valence electrons. The Labute approximate surface area is 168 Å². The number of aryl methyl sites for hydroxylation is 1. The number of morpholine rings is 1. The number of sulfonamides is 1. The number of benzene rings is 1. The zero-order valence-electron chi connectivity index (χ0n) is 15.7. The van der Waals surface area contributed by atoms with Crippen LogP contribution in [0.3, 0.4) is 0 Å². The Morgan fingerprint density at radius 2 is 1.83 bits per heavy atom. The average Bonchev–Trinajstić information content (AvgIpc) is 3.16. The van der Waals surface area contributed by atoms with Crippen molar-refractivity contribution < 1.29 is 17.9 Å². The SMILES string of the molecule is O=C(CCc1ccc(S(=O)(=O)N2CCOCC2)cc1)Nc1nnc2ccccn12. The third kappa shape index (κ3) is 4.29. The van der Waals surface area contributed by atoms with E-state index in [9.17, 15) is 13.2 Å². The summed E-state index contributed by atoms with van der Waals surface area (Å²) >= 11 is 0. The van der Waals surface area contributed by atoms with E-state index in [0.717, 1.165) is 5.56 Å². The van der Waals surface area contributed by atoms with Gasteiger partial charge in [-0.05, 0) is 36.2 Å². The van der Waals surface area contributed by atoms with Crippen LogP contribution in [-0.2, 0) is 26.0 Å². The first kappa shape index (κ1) is 19.5. The predicted molar refractivity (Wildman–Crippen MR) is 106 cm³/mol. The lowest BCUT2D eigenvalue weighted by molar-refractivity contribution is -0.116. The Morgan fingerprint density at radius 1 is 1.07 bits per heavy atom. The van der Waals surface area contributed by atoms with Crippen molar-refractivity contribution in [2.45, 2.75) is 17.7 Å². The first-order valence-corrected chi connectivity index (χ1v) is 10.7. The molecule has 0 bridgehead atoms. The van der Waals surface area contributed by atoms with Crippen molar-refractivity contribution in [2.24, 2.45) is 0 Å². The van der Waals surface area contributed by atoms with Gasteiger partial charge < -0.3 is 4.74 Å². The van der Waals surface area contributed by atoms with E-state index in [4.69, 9.17) is 4.74 Å². The van der Waals surface area contributed by atoms with Gasteiger partial charge in [0.1, 0.15) is 0 Å². The van der Waals surface area contributed by atoms with Crippen LogP contribution in [-0.4, -0.2) is 59.5 Å². The first-order valence-electron chi connectivity index (χ1n) is 9.30. The van der Waals surface area contributed by atoms with Crippen LogP contribution in [0.15, 0.2) is 53.6 Å². The molecule has 0 saturated carbocycles. The number of rotatable bonds is 6. The van der Waals surface area contributed by atoms with Gasteiger partial charge in [0.05, 0.1) is 18.1 Å². The maximum absolute atomic E-state index is 12.6. The summed E-state index contributed by atoms with van der Waals surface area (Å²) in [6.45, 7) is 1.55. The minimum absolute atomic E-state index is 0.187. The molecule has 9 nitrogen and oxygen atoms in total. The van der Waals surface area contributed by atoms with Crippen LogP contribution in [0.4, 0.5) is 5.95 Å². The zero-order chi connectivity index (χ0) is 20.3. The van der Waals surface area contributed by atoms with Gasteiger partial charge in [0, 0.05) is 25.7 Å². The standard InChI is InChI=1S/C19H21N5O4S/c25-18(20-19-22-21-17-3-1-2-10-24(17)19)9-6-15-4-7-16(8-5-15)29(26,27)23-11-13-28-14-12-23/h1-5,7-8,10H,6,9,11-14H2,(H,20,22,25). The Kier molecular flexibility index (Phi) is 5.56.